The van der Waals surface area contributed by atoms with Crippen molar-refractivity contribution in [3.63, 3.8) is 0 Å². The molecule has 7 N–H and O–H groups in total. The van der Waals surface area contributed by atoms with Crippen molar-refractivity contribution in [2.45, 2.75) is 12.7 Å². The van der Waals surface area contributed by atoms with Crippen LogP contribution in [0.3, 0.4) is 0 Å². The van der Waals surface area contributed by atoms with Crippen LogP contribution in [0.1, 0.15) is 6.92 Å². The number of carbonyl (C=O) groups excluding carboxylic acids is 1. The molecule has 0 aliphatic heterocycles. The van der Waals surface area contributed by atoms with E-state index in [1.807, 2.05) is 5.43 Å². The quantitative estimate of drug-likeness (QED) is 0.184. The van der Waals surface area contributed by atoms with E-state index in [4.69, 9.17) is 17.3 Å². The Balaban J connectivity index is 3.91. The summed E-state index contributed by atoms with van der Waals surface area (Å²) in [4.78, 5) is 10.3. The van der Waals surface area contributed by atoms with Gasteiger partial charge in [-0.2, -0.15) is 0 Å². The van der Waals surface area contributed by atoms with Crippen molar-refractivity contribution < 1.29 is 4.79 Å². The molecule has 0 bridgehead atoms. The zero-order chi connectivity index (χ0) is 6.78. The molecule has 0 aliphatic carbocycles. The molecule has 0 fully saturated rings. The molecule has 0 spiro atoms. The van der Waals surface area contributed by atoms with Gasteiger partial charge in [-0.25, -0.2) is 5.43 Å². The Morgan fingerprint density at radius 3 is 2.00 bits per heavy atom. The predicted octanol–water partition coefficient (Wildman–Crippen LogP) is -2.39. The summed E-state index contributed by atoms with van der Waals surface area (Å²) in [6.45, 7) is 1.25. The third-order valence-corrected chi connectivity index (χ3v) is 0.821. The van der Waals surface area contributed by atoms with Crippen LogP contribution in [0.4, 0.5) is 0 Å². The van der Waals surface area contributed by atoms with Gasteiger partial charge < -0.3 is 0 Å². The van der Waals surface area contributed by atoms with E-state index in [-0.39, 0.29) is 0 Å². The van der Waals surface area contributed by atoms with Crippen molar-refractivity contribution >= 4 is 5.78 Å². The number of hydrazine groups is 1. The molecule has 8 heavy (non-hydrogen) atoms. The fourth-order valence-corrected chi connectivity index (χ4v) is 0.102. The van der Waals surface area contributed by atoms with Crippen LogP contribution in [0, 0.1) is 0 Å². The Morgan fingerprint density at radius 2 is 2.00 bits per heavy atom. The number of rotatable bonds is 2. The summed E-state index contributed by atoms with van der Waals surface area (Å²) in [5.41, 5.74) is 12.0. The molecule has 5 heteroatoms. The summed E-state index contributed by atoms with van der Waals surface area (Å²) in [6.07, 6.45) is 0. The van der Waals surface area contributed by atoms with Crippen molar-refractivity contribution in [3.8, 4) is 0 Å². The lowest BCUT2D eigenvalue weighted by Gasteiger charge is -2.18. The van der Waals surface area contributed by atoms with E-state index in [1.54, 1.807) is 0 Å². The Bertz CT molecular complexity index is 99.5. The third kappa shape index (κ3) is 1.55. The van der Waals surface area contributed by atoms with E-state index < -0.39 is 11.6 Å². The van der Waals surface area contributed by atoms with Crippen LogP contribution >= 0.6 is 0 Å². The molecule has 0 heterocycles. The average molecular weight is 118 g/mol. The van der Waals surface area contributed by atoms with Gasteiger partial charge in [0.1, 0.15) is 0 Å². The van der Waals surface area contributed by atoms with Gasteiger partial charge in [0.05, 0.1) is 0 Å². The Kier molecular flexibility index (Phi) is 2.05. The number of hydrogen-bond donors (Lipinski definition) is 4. The molecule has 0 amide bonds. The number of ketones is 1. The molecular formula is C3H10N4O. The monoisotopic (exact) mass is 118 g/mol. The smallest absolute Gasteiger partial charge is 0.191 e. The predicted molar refractivity (Wildman–Crippen MR) is 29.1 cm³/mol. The molecule has 0 aromatic rings. The molecule has 0 rings (SSSR count). The van der Waals surface area contributed by atoms with Gasteiger partial charge in [0, 0.05) is 0 Å². The fourth-order valence-electron chi connectivity index (χ4n) is 0.102. The highest BCUT2D eigenvalue weighted by Crippen LogP contribution is 1.80. The molecule has 0 saturated heterocycles. The van der Waals surface area contributed by atoms with Gasteiger partial charge in [0.25, 0.3) is 0 Å². The summed E-state index contributed by atoms with van der Waals surface area (Å²) >= 11 is 0. The molecular weight excluding hydrogens is 108 g/mol. The molecule has 0 aromatic carbocycles. The Hall–Kier alpha value is -0.490. The molecule has 0 unspecified atom stereocenters. The highest BCUT2D eigenvalue weighted by Gasteiger charge is 2.21. The number of hydrogen-bond acceptors (Lipinski definition) is 5. The number of nitrogens with two attached hydrogens (primary N) is 3. The van der Waals surface area contributed by atoms with Crippen molar-refractivity contribution in [2.24, 2.45) is 17.3 Å². The minimum atomic E-state index is -1.57. The number of nitrogens with one attached hydrogen (secondary N) is 1. The van der Waals surface area contributed by atoms with E-state index in [9.17, 15) is 4.79 Å². The minimum Gasteiger partial charge on any atom is -0.295 e. The SMILES string of the molecule is CC(=O)C(N)(N)NN. The van der Waals surface area contributed by atoms with Crippen LogP contribution in [0.15, 0.2) is 0 Å². The Morgan fingerprint density at radius 1 is 1.62 bits per heavy atom. The van der Waals surface area contributed by atoms with Crippen molar-refractivity contribution in [1.29, 1.82) is 0 Å². The summed E-state index contributed by atoms with van der Waals surface area (Å²) < 4.78 is 0. The van der Waals surface area contributed by atoms with Crippen LogP contribution in [0.5, 0.6) is 0 Å². The standard InChI is InChI=1S/C3H10N4O/c1-2(8)3(4,5)7-6/h7H,4-6H2,1H3. The van der Waals surface area contributed by atoms with Crippen molar-refractivity contribution in [3.05, 3.63) is 0 Å². The third-order valence-electron chi connectivity index (χ3n) is 0.821. The molecule has 0 radical (unpaired) electrons. The summed E-state index contributed by atoms with van der Waals surface area (Å²) in [7, 11) is 0. The normalized spacial score (nSPS) is 11.5. The van der Waals surface area contributed by atoms with Gasteiger partial charge in [-0.3, -0.25) is 22.1 Å². The molecule has 0 aromatic heterocycles. The fraction of sp³-hybridized carbons (Fsp3) is 0.667. The minimum absolute atomic E-state index is 0.403. The maximum absolute atomic E-state index is 10.3. The van der Waals surface area contributed by atoms with Crippen LogP contribution in [-0.2, 0) is 4.79 Å². The first-order valence-corrected chi connectivity index (χ1v) is 2.07. The topological polar surface area (TPSA) is 107 Å². The Labute approximate surface area is 47.2 Å². The lowest BCUT2D eigenvalue weighted by Crippen LogP contribution is -2.68. The summed E-state index contributed by atoms with van der Waals surface area (Å²) in [5.74, 6) is 2.81. The van der Waals surface area contributed by atoms with E-state index in [0.29, 0.717) is 0 Å². The van der Waals surface area contributed by atoms with Gasteiger partial charge >= 0.3 is 0 Å². The van der Waals surface area contributed by atoms with Gasteiger partial charge in [0.15, 0.2) is 11.6 Å². The summed E-state index contributed by atoms with van der Waals surface area (Å²) in [6, 6.07) is 0. The largest absolute Gasteiger partial charge is 0.295 e. The molecule has 0 aliphatic rings. The van der Waals surface area contributed by atoms with E-state index in [2.05, 4.69) is 0 Å². The van der Waals surface area contributed by atoms with Crippen LogP contribution in [-0.4, -0.2) is 11.6 Å². The van der Waals surface area contributed by atoms with E-state index >= 15 is 0 Å². The second kappa shape index (κ2) is 2.19. The second-order valence-corrected chi connectivity index (χ2v) is 1.57. The first kappa shape index (κ1) is 7.51. The molecule has 48 valence electrons. The first-order chi connectivity index (χ1) is 3.50. The lowest BCUT2D eigenvalue weighted by molar-refractivity contribution is -0.123. The van der Waals surface area contributed by atoms with Gasteiger partial charge in [-0.05, 0) is 6.92 Å². The highest BCUT2D eigenvalue weighted by molar-refractivity contribution is 5.84. The van der Waals surface area contributed by atoms with Crippen LogP contribution in [0.2, 0.25) is 0 Å². The van der Waals surface area contributed by atoms with Gasteiger partial charge in [-0.15, -0.1) is 0 Å². The lowest BCUT2D eigenvalue weighted by atomic mass is 10.3. The number of carbonyl (C=O) groups is 1. The second-order valence-electron chi connectivity index (χ2n) is 1.57. The highest BCUT2D eigenvalue weighted by atomic mass is 16.1. The zero-order valence-electron chi connectivity index (χ0n) is 4.64. The first-order valence-electron chi connectivity index (χ1n) is 2.07. The van der Waals surface area contributed by atoms with Gasteiger partial charge in [0.2, 0.25) is 0 Å². The van der Waals surface area contributed by atoms with E-state index in [1.165, 1.54) is 6.92 Å². The molecule has 0 atom stereocenters. The van der Waals surface area contributed by atoms with Crippen LogP contribution in [0.25, 0.3) is 0 Å². The molecule has 0 saturated carbocycles. The number of Topliss-reactive ketones (excluding diaryl/α,β-unsaturated/α-hetero) is 1. The average Bonchev–Trinajstić information content (AvgIpc) is 1.67. The van der Waals surface area contributed by atoms with Gasteiger partial charge in [-0.1, -0.05) is 0 Å². The molecule has 5 nitrogen and oxygen atoms in total. The van der Waals surface area contributed by atoms with Crippen LogP contribution < -0.4 is 22.7 Å². The maximum Gasteiger partial charge on any atom is 0.191 e. The summed E-state index contributed by atoms with van der Waals surface area (Å²) in [5, 5.41) is 0. The van der Waals surface area contributed by atoms with E-state index in [0.717, 1.165) is 0 Å². The van der Waals surface area contributed by atoms with Crippen molar-refractivity contribution in [2.75, 3.05) is 0 Å². The maximum atomic E-state index is 10.3. The zero-order valence-corrected chi connectivity index (χ0v) is 4.64. The van der Waals surface area contributed by atoms with Crippen molar-refractivity contribution in [1.82, 2.24) is 5.43 Å².